The maximum absolute atomic E-state index is 8.52. The molecule has 13 heavy (non-hydrogen) atoms. The molecule has 0 spiro atoms. The van der Waals surface area contributed by atoms with Crippen LogP contribution in [-0.2, 0) is 6.42 Å². The topological polar surface area (TPSA) is 20.2 Å². The van der Waals surface area contributed by atoms with Crippen molar-refractivity contribution in [2.45, 2.75) is 10.7 Å². The summed E-state index contributed by atoms with van der Waals surface area (Å²) in [7, 11) is 0. The maximum Gasteiger partial charge on any atom is 0.180 e. The number of aliphatic hydroxyl groups is 1. The van der Waals surface area contributed by atoms with Gasteiger partial charge in [0.25, 0.3) is 0 Å². The first kappa shape index (κ1) is 13.1. The smallest absolute Gasteiger partial charge is 0.180 e. The molecule has 74 valence electrons. The minimum Gasteiger partial charge on any atom is -0.396 e. The van der Waals surface area contributed by atoms with Crippen molar-refractivity contribution in [2.24, 2.45) is 0 Å². The molecule has 1 nitrogen and oxygen atoms in total. The van der Waals surface area contributed by atoms with Crippen LogP contribution in [0, 0.1) is 0 Å². The van der Waals surface area contributed by atoms with Crippen molar-refractivity contribution < 1.29 is 5.11 Å². The van der Waals surface area contributed by atoms with Gasteiger partial charge in [-0.1, -0.05) is 65.1 Å². The summed E-state index contributed by atoms with van der Waals surface area (Å²) in [6.07, 6.45) is 0.765. The van der Waals surface area contributed by atoms with Crippen LogP contribution in [-0.4, -0.2) is 16.0 Å². The van der Waals surface area contributed by atoms with Gasteiger partial charge < -0.3 is 5.11 Å². The first-order valence-electron chi connectivity index (χ1n) is 3.74. The lowest BCUT2D eigenvalue weighted by molar-refractivity contribution is 0.299. The monoisotopic (exact) mass is 240 g/mol. The molecule has 1 N–H and O–H groups in total. The summed E-state index contributed by atoms with van der Waals surface area (Å²) in [5, 5.41) is 8.52. The highest BCUT2D eigenvalue weighted by Gasteiger charge is 1.85. The molecule has 0 fully saturated rings. The Hall–Kier alpha value is 0.0500. The average Bonchev–Trinajstić information content (AvgIpc) is 2.06. The van der Waals surface area contributed by atoms with Gasteiger partial charge in [-0.2, -0.15) is 0 Å². The summed E-state index contributed by atoms with van der Waals surface area (Å²) in [4.78, 5) is 0. The molecule has 0 amide bonds. The van der Waals surface area contributed by atoms with Crippen LogP contribution in [0.15, 0.2) is 30.3 Å². The Labute approximate surface area is 93.2 Å². The molecule has 0 atom stereocenters. The second-order valence-electron chi connectivity index (χ2n) is 2.21. The molecular formula is C9H11Cl3O. The molecule has 1 rings (SSSR count). The second kappa shape index (κ2) is 8.64. The molecule has 0 saturated carbocycles. The molecule has 0 aromatic heterocycles. The van der Waals surface area contributed by atoms with E-state index < -0.39 is 4.30 Å². The van der Waals surface area contributed by atoms with Crippen molar-refractivity contribution in [1.29, 1.82) is 0 Å². The summed E-state index contributed by atoms with van der Waals surface area (Å²) < 4.78 is -0.750. The fourth-order valence-corrected chi connectivity index (χ4v) is 0.774. The van der Waals surface area contributed by atoms with E-state index in [2.05, 4.69) is 0 Å². The number of rotatable bonds is 2. The van der Waals surface area contributed by atoms with Crippen molar-refractivity contribution in [3.05, 3.63) is 35.9 Å². The van der Waals surface area contributed by atoms with Gasteiger partial charge >= 0.3 is 0 Å². The predicted octanol–water partition coefficient (Wildman–Crippen LogP) is 3.21. The molecule has 0 unspecified atom stereocenters. The summed E-state index contributed by atoms with van der Waals surface area (Å²) in [5.74, 6) is 0. The zero-order valence-electron chi connectivity index (χ0n) is 6.96. The Bertz CT molecular complexity index is 199. The number of hydrogen-bond donors (Lipinski definition) is 1. The van der Waals surface area contributed by atoms with E-state index in [1.807, 2.05) is 30.3 Å². The number of hydrogen-bond acceptors (Lipinski definition) is 1. The summed E-state index contributed by atoms with van der Waals surface area (Å²) in [5.41, 5.74) is 1.19. The Morgan fingerprint density at radius 3 is 1.92 bits per heavy atom. The van der Waals surface area contributed by atoms with E-state index in [9.17, 15) is 0 Å². The van der Waals surface area contributed by atoms with Crippen LogP contribution < -0.4 is 0 Å². The van der Waals surface area contributed by atoms with Crippen molar-refractivity contribution in [2.75, 3.05) is 6.61 Å². The molecule has 1 aromatic carbocycles. The van der Waals surface area contributed by atoms with Crippen LogP contribution in [0.3, 0.4) is 0 Å². The molecule has 1 aromatic rings. The van der Waals surface area contributed by atoms with Gasteiger partial charge in [-0.15, -0.1) is 0 Å². The lowest BCUT2D eigenvalue weighted by Gasteiger charge is -1.93. The summed E-state index contributed by atoms with van der Waals surface area (Å²) in [6, 6.07) is 9.95. The van der Waals surface area contributed by atoms with Gasteiger partial charge in [-0.05, 0) is 12.0 Å². The number of benzene rings is 1. The number of halogens is 3. The van der Waals surface area contributed by atoms with E-state index in [0.29, 0.717) is 0 Å². The molecule has 0 heterocycles. The molecular weight excluding hydrogens is 230 g/mol. The van der Waals surface area contributed by atoms with Gasteiger partial charge in [0.1, 0.15) is 0 Å². The van der Waals surface area contributed by atoms with Gasteiger partial charge in [0.05, 0.1) is 0 Å². The Balaban J connectivity index is 0.000000310. The van der Waals surface area contributed by atoms with Crippen molar-refractivity contribution in [1.82, 2.24) is 0 Å². The average molecular weight is 242 g/mol. The van der Waals surface area contributed by atoms with Gasteiger partial charge in [0.2, 0.25) is 0 Å². The first-order chi connectivity index (χ1) is 6.16. The Morgan fingerprint density at radius 1 is 1.08 bits per heavy atom. The lowest BCUT2D eigenvalue weighted by atomic mass is 10.2. The van der Waals surface area contributed by atoms with E-state index in [1.54, 1.807) is 0 Å². The third kappa shape index (κ3) is 9.97. The normalized spacial score (nSPS) is 9.31. The fourth-order valence-electron chi connectivity index (χ4n) is 0.774. The van der Waals surface area contributed by atoms with Crippen molar-refractivity contribution in [3.8, 4) is 0 Å². The van der Waals surface area contributed by atoms with Crippen molar-refractivity contribution >= 4 is 34.8 Å². The van der Waals surface area contributed by atoms with E-state index >= 15 is 0 Å². The van der Waals surface area contributed by atoms with Crippen LogP contribution in [0.4, 0.5) is 0 Å². The Morgan fingerprint density at radius 2 is 1.54 bits per heavy atom. The highest BCUT2D eigenvalue weighted by Crippen LogP contribution is 2.03. The minimum absolute atomic E-state index is 0.240. The fraction of sp³-hybridized carbons (Fsp3) is 0.333. The molecule has 0 radical (unpaired) electrons. The predicted molar refractivity (Wildman–Crippen MR) is 58.6 cm³/mol. The minimum atomic E-state index is -0.750. The SMILES string of the molecule is ClC(Cl)Cl.OCCc1ccccc1. The highest BCUT2D eigenvalue weighted by molar-refractivity contribution is 6.63. The van der Waals surface area contributed by atoms with E-state index in [0.717, 1.165) is 6.42 Å². The van der Waals surface area contributed by atoms with E-state index in [1.165, 1.54) is 5.56 Å². The van der Waals surface area contributed by atoms with Crippen LogP contribution in [0.2, 0.25) is 0 Å². The highest BCUT2D eigenvalue weighted by atomic mass is 35.6. The second-order valence-corrected chi connectivity index (χ2v) is 4.19. The maximum atomic E-state index is 8.52. The largest absolute Gasteiger partial charge is 0.396 e. The molecule has 0 aliphatic heterocycles. The standard InChI is InChI=1S/C8H10O.CHCl3/c9-7-6-8-4-2-1-3-5-8;2-1(3)4/h1-5,9H,6-7H2;1H. The lowest BCUT2D eigenvalue weighted by Crippen LogP contribution is -1.88. The zero-order valence-corrected chi connectivity index (χ0v) is 9.23. The van der Waals surface area contributed by atoms with Gasteiger partial charge in [0.15, 0.2) is 4.30 Å². The van der Waals surface area contributed by atoms with E-state index in [4.69, 9.17) is 39.9 Å². The van der Waals surface area contributed by atoms with Crippen LogP contribution in [0.5, 0.6) is 0 Å². The third-order valence-corrected chi connectivity index (χ3v) is 1.24. The van der Waals surface area contributed by atoms with Crippen LogP contribution in [0.1, 0.15) is 5.56 Å². The quantitative estimate of drug-likeness (QED) is 0.789. The summed E-state index contributed by atoms with van der Waals surface area (Å²) in [6.45, 7) is 0.240. The third-order valence-electron chi connectivity index (χ3n) is 1.24. The molecule has 0 bridgehead atoms. The Kier molecular flexibility index (Phi) is 8.67. The summed E-state index contributed by atoms with van der Waals surface area (Å²) >= 11 is 14.4. The van der Waals surface area contributed by atoms with Crippen molar-refractivity contribution in [3.63, 3.8) is 0 Å². The number of alkyl halides is 3. The molecule has 0 aliphatic carbocycles. The van der Waals surface area contributed by atoms with Gasteiger partial charge in [-0.25, -0.2) is 0 Å². The van der Waals surface area contributed by atoms with Crippen LogP contribution >= 0.6 is 34.8 Å². The van der Waals surface area contributed by atoms with Gasteiger partial charge in [0, 0.05) is 6.61 Å². The first-order valence-corrected chi connectivity index (χ1v) is 5.04. The zero-order chi connectivity index (χ0) is 10.1. The molecule has 0 aliphatic rings. The number of aliphatic hydroxyl groups excluding tert-OH is 1. The van der Waals surface area contributed by atoms with E-state index in [-0.39, 0.29) is 6.61 Å². The molecule has 4 heteroatoms. The van der Waals surface area contributed by atoms with Crippen LogP contribution in [0.25, 0.3) is 0 Å². The molecule has 0 saturated heterocycles. The van der Waals surface area contributed by atoms with Gasteiger partial charge in [-0.3, -0.25) is 0 Å².